The van der Waals surface area contributed by atoms with E-state index < -0.39 is 52.6 Å². The van der Waals surface area contributed by atoms with Gasteiger partial charge in [0.25, 0.3) is 11.8 Å². The Balaban J connectivity index is 1.17. The molecule has 6 atom stereocenters. The molecule has 0 bridgehead atoms. The first-order valence-corrected chi connectivity index (χ1v) is 18.6. The van der Waals surface area contributed by atoms with Crippen molar-refractivity contribution < 1.29 is 38.5 Å². The molecule has 1 saturated carbocycles. The van der Waals surface area contributed by atoms with Crippen molar-refractivity contribution in [2.24, 2.45) is 29.6 Å². The summed E-state index contributed by atoms with van der Waals surface area (Å²) in [7, 11) is 0. The van der Waals surface area contributed by atoms with Gasteiger partial charge in [0.05, 0.1) is 35.1 Å². The number of aromatic hydroxyl groups is 2. The van der Waals surface area contributed by atoms with Crippen LogP contribution >= 0.6 is 11.6 Å². The fourth-order valence-corrected chi connectivity index (χ4v) is 9.79. The molecule has 0 aromatic heterocycles. The van der Waals surface area contributed by atoms with Crippen LogP contribution in [-0.4, -0.2) is 50.3 Å². The Hall–Kier alpha value is -5.94. The monoisotopic (exact) mass is 759 g/mol. The fraction of sp³-hybridized carbons (Fsp3) is 0.256. The molecular weight excluding hydrogens is 725 g/mol. The van der Waals surface area contributed by atoms with Crippen molar-refractivity contribution in [2.75, 3.05) is 12.0 Å². The number of ether oxygens (including phenoxy) is 1. The van der Waals surface area contributed by atoms with Crippen LogP contribution in [0.5, 0.6) is 17.2 Å². The summed E-state index contributed by atoms with van der Waals surface area (Å²) in [5.41, 5.74) is 5.26. The van der Waals surface area contributed by atoms with Gasteiger partial charge in [-0.3, -0.25) is 29.5 Å². The van der Waals surface area contributed by atoms with E-state index in [0.717, 1.165) is 16.1 Å². The van der Waals surface area contributed by atoms with Gasteiger partial charge in [-0.15, -0.1) is 0 Å². The number of hydrazine groups is 1. The topological polar surface area (TPSA) is 136 Å². The van der Waals surface area contributed by atoms with Crippen molar-refractivity contribution in [2.45, 2.75) is 31.1 Å². The first kappa shape index (κ1) is 34.8. The van der Waals surface area contributed by atoms with Crippen molar-refractivity contribution in [1.82, 2.24) is 9.91 Å². The average molecular weight is 760 g/mol. The highest BCUT2D eigenvalue weighted by Crippen LogP contribution is 2.63. The first-order chi connectivity index (χ1) is 26.5. The highest BCUT2D eigenvalue weighted by atomic mass is 35.5. The summed E-state index contributed by atoms with van der Waals surface area (Å²) < 4.78 is 20.1. The van der Waals surface area contributed by atoms with Gasteiger partial charge in [0.2, 0.25) is 11.8 Å². The van der Waals surface area contributed by atoms with Crippen molar-refractivity contribution >= 4 is 40.9 Å². The lowest BCUT2D eigenvalue weighted by molar-refractivity contribution is -0.141. The molecule has 5 aliphatic rings. The number of amides is 4. The van der Waals surface area contributed by atoms with Crippen LogP contribution in [0.3, 0.4) is 0 Å². The molecule has 278 valence electrons. The normalized spacial score (nSPS) is 26.8. The number of anilines is 1. The Morgan fingerprint density at radius 1 is 0.855 bits per heavy atom. The van der Waals surface area contributed by atoms with Crippen molar-refractivity contribution in [3.05, 3.63) is 142 Å². The van der Waals surface area contributed by atoms with Gasteiger partial charge in [0, 0.05) is 29.5 Å². The molecule has 0 radical (unpaired) electrons. The molecule has 55 heavy (non-hydrogen) atoms. The smallest absolute Gasteiger partial charge is 0.260 e. The second-order valence-corrected chi connectivity index (χ2v) is 15.3. The summed E-state index contributed by atoms with van der Waals surface area (Å²) in [6.07, 6.45) is 4.63. The Kier molecular flexibility index (Phi) is 8.30. The van der Waals surface area contributed by atoms with E-state index in [9.17, 15) is 29.0 Å². The number of nitrogens with zero attached hydrogens (tertiary/aromatic N) is 2. The highest BCUT2D eigenvalue weighted by molar-refractivity contribution is 6.30. The van der Waals surface area contributed by atoms with Crippen molar-refractivity contribution in [1.29, 1.82) is 0 Å². The van der Waals surface area contributed by atoms with E-state index in [0.29, 0.717) is 39.6 Å². The lowest BCUT2D eigenvalue weighted by Gasteiger charge is -2.51. The Labute approximate surface area is 320 Å². The Morgan fingerprint density at radius 2 is 1.58 bits per heavy atom. The number of carbonyl (C=O) groups excluding carboxylic acids is 4. The van der Waals surface area contributed by atoms with Gasteiger partial charge in [-0.05, 0) is 109 Å². The third-order valence-electron chi connectivity index (χ3n) is 12.1. The fourth-order valence-electron chi connectivity index (χ4n) is 9.66. The number of carbonyl (C=O) groups is 4. The molecule has 6 unspecified atom stereocenters. The molecule has 3 heterocycles. The van der Waals surface area contributed by atoms with Crippen LogP contribution in [0.25, 0.3) is 0 Å². The van der Waals surface area contributed by atoms with Crippen LogP contribution in [0.1, 0.15) is 29.5 Å². The van der Waals surface area contributed by atoms with Gasteiger partial charge in [0.15, 0.2) is 0 Å². The first-order valence-electron chi connectivity index (χ1n) is 18.2. The zero-order valence-electron chi connectivity index (χ0n) is 29.3. The number of nitrogens with one attached hydrogen (secondary N) is 1. The van der Waals surface area contributed by atoms with Crippen LogP contribution in [-0.2, 0) is 37.4 Å². The standard InChI is InChI=1S/C43H35ClFN3O7/c44-27-5-3-26(4-6-27)43-35(40(52)48(42(43)54)46-29-9-7-28(45)8-10-29)21-34-32(38(43)25-19-24-20-31(50)13-16-36(24)55-22-25)14-15-33-37(34)41(53)47(39(33)51)18-17-23-1-11-30(49)12-2-23/h1-14,16,20,22,33-35,37-38,46,49-50H,15,17-19,21H2. The molecular formula is C43H35ClFN3O7. The van der Waals surface area contributed by atoms with Crippen LogP contribution in [0.4, 0.5) is 10.1 Å². The van der Waals surface area contributed by atoms with Crippen LogP contribution in [0, 0.1) is 35.4 Å². The number of benzene rings is 4. The molecule has 2 aliphatic carbocycles. The van der Waals surface area contributed by atoms with Crippen molar-refractivity contribution in [3.8, 4) is 17.2 Å². The summed E-state index contributed by atoms with van der Waals surface area (Å²) in [6.45, 7) is 0.158. The number of hydrogen-bond donors (Lipinski definition) is 3. The van der Waals surface area contributed by atoms with Gasteiger partial charge in [0.1, 0.15) is 23.1 Å². The van der Waals surface area contributed by atoms with Gasteiger partial charge < -0.3 is 14.9 Å². The molecule has 3 fully saturated rings. The van der Waals surface area contributed by atoms with Gasteiger partial charge >= 0.3 is 0 Å². The number of imide groups is 2. The van der Waals surface area contributed by atoms with Crippen LogP contribution < -0.4 is 10.2 Å². The third-order valence-corrected chi connectivity index (χ3v) is 12.3. The van der Waals surface area contributed by atoms with E-state index in [4.69, 9.17) is 16.3 Å². The molecule has 4 aromatic carbocycles. The van der Waals surface area contributed by atoms with Gasteiger partial charge in [-0.1, -0.05) is 47.5 Å². The predicted molar refractivity (Wildman–Crippen MR) is 199 cm³/mol. The van der Waals surface area contributed by atoms with Crippen LogP contribution in [0.15, 0.2) is 114 Å². The zero-order chi connectivity index (χ0) is 38.2. The second kappa shape index (κ2) is 13.1. The minimum atomic E-state index is -1.54. The Bertz CT molecular complexity index is 2330. The molecule has 0 spiro atoms. The zero-order valence-corrected chi connectivity index (χ0v) is 30.1. The largest absolute Gasteiger partial charge is 0.508 e. The van der Waals surface area contributed by atoms with Crippen LogP contribution in [0.2, 0.25) is 5.02 Å². The lowest BCUT2D eigenvalue weighted by Crippen LogP contribution is -2.55. The maximum Gasteiger partial charge on any atom is 0.260 e. The maximum absolute atomic E-state index is 15.3. The van der Waals surface area contributed by atoms with E-state index >= 15 is 4.79 Å². The molecule has 9 rings (SSSR count). The highest BCUT2D eigenvalue weighted by Gasteiger charge is 2.70. The summed E-state index contributed by atoms with van der Waals surface area (Å²) in [6, 6.07) is 23.6. The Morgan fingerprint density at radius 3 is 2.33 bits per heavy atom. The molecule has 4 aromatic rings. The summed E-state index contributed by atoms with van der Waals surface area (Å²) >= 11 is 6.39. The number of fused-ring (bicyclic) bond motifs is 5. The summed E-state index contributed by atoms with van der Waals surface area (Å²) in [5.74, 6) is -5.20. The number of phenolic OH excluding ortho intramolecular Hbond substituents is 2. The van der Waals surface area contributed by atoms with E-state index in [2.05, 4.69) is 5.43 Å². The van der Waals surface area contributed by atoms with Gasteiger partial charge in [-0.2, -0.15) is 5.01 Å². The number of hydrogen-bond acceptors (Lipinski definition) is 8. The molecule has 4 amide bonds. The second-order valence-electron chi connectivity index (χ2n) is 14.9. The lowest BCUT2D eigenvalue weighted by atomic mass is 9.48. The number of allylic oxidation sites excluding steroid dienone is 3. The summed E-state index contributed by atoms with van der Waals surface area (Å²) in [4.78, 5) is 60.0. The predicted octanol–water partition coefficient (Wildman–Crippen LogP) is 6.47. The molecule has 2 saturated heterocycles. The van der Waals surface area contributed by atoms with E-state index in [1.54, 1.807) is 66.9 Å². The molecule has 10 nitrogen and oxygen atoms in total. The molecule has 3 aliphatic heterocycles. The number of halogens is 2. The average Bonchev–Trinajstić information content (AvgIpc) is 3.55. The molecule has 12 heteroatoms. The van der Waals surface area contributed by atoms with E-state index in [1.165, 1.54) is 35.2 Å². The van der Waals surface area contributed by atoms with Gasteiger partial charge in [-0.25, -0.2) is 4.39 Å². The third kappa shape index (κ3) is 5.51. The number of rotatable bonds is 7. The van der Waals surface area contributed by atoms with E-state index in [1.807, 2.05) is 6.08 Å². The van der Waals surface area contributed by atoms with Crippen molar-refractivity contribution in [3.63, 3.8) is 0 Å². The van der Waals surface area contributed by atoms with E-state index in [-0.39, 0.29) is 49.1 Å². The number of likely N-dealkylation sites (tertiary alicyclic amines) is 1. The minimum absolute atomic E-state index is 0.0411. The summed E-state index contributed by atoms with van der Waals surface area (Å²) in [5, 5.41) is 21.6. The minimum Gasteiger partial charge on any atom is -0.508 e. The SMILES string of the molecule is O=C1C2CC=C3C(CC4C(=O)N(Nc5ccc(F)cc5)C(=O)C4(c4ccc(Cl)cc4)C3C3=COc4ccc(O)cc4C3)C2C(=O)N1CCc1ccc(O)cc1. The quantitative estimate of drug-likeness (QED) is 0.144. The molecule has 3 N–H and O–H groups in total. The number of phenols is 2. The maximum atomic E-state index is 15.3.